The zero-order valence-corrected chi connectivity index (χ0v) is 32.7. The van der Waals surface area contributed by atoms with Crippen LogP contribution in [0.25, 0.3) is 113 Å². The van der Waals surface area contributed by atoms with Crippen LogP contribution >= 0.6 is 0 Å². The number of furan rings is 1. The van der Waals surface area contributed by atoms with Crippen molar-refractivity contribution < 1.29 is 4.42 Å². The zero-order valence-electron chi connectivity index (χ0n) is 32.7. The molecule has 0 atom stereocenters. The second kappa shape index (κ2) is 15.4. The van der Waals surface area contributed by atoms with Gasteiger partial charge in [0.1, 0.15) is 11.2 Å². The van der Waals surface area contributed by atoms with Crippen LogP contribution in [0.5, 0.6) is 0 Å². The number of hydrogen-bond donors (Lipinski definition) is 0. The first-order chi connectivity index (χ1) is 30.2. The average Bonchev–Trinajstić information content (AvgIpc) is 3.73. The van der Waals surface area contributed by atoms with Gasteiger partial charge in [0.15, 0.2) is 34.9 Å². The number of nitrogens with zero attached hydrogens (tertiary/aromatic N) is 6. The Labute approximate surface area is 351 Å². The molecule has 0 aliphatic rings. The third kappa shape index (κ3) is 7.00. The van der Waals surface area contributed by atoms with Crippen molar-refractivity contribution in [1.29, 1.82) is 0 Å². The Kier molecular flexibility index (Phi) is 9.02. The summed E-state index contributed by atoms with van der Waals surface area (Å²) in [6, 6.07) is 69.5. The maximum Gasteiger partial charge on any atom is 0.164 e. The molecule has 0 bridgehead atoms. The number of rotatable bonds is 8. The molecular weight excluding hydrogens is 749 g/mol. The molecule has 11 rings (SSSR count). The van der Waals surface area contributed by atoms with Crippen LogP contribution < -0.4 is 0 Å². The highest BCUT2D eigenvalue weighted by atomic mass is 16.3. The monoisotopic (exact) mass is 782 g/mol. The highest BCUT2D eigenvalue weighted by molar-refractivity contribution is 6.12. The second-order valence-electron chi connectivity index (χ2n) is 14.7. The smallest absolute Gasteiger partial charge is 0.164 e. The summed E-state index contributed by atoms with van der Waals surface area (Å²) in [4.78, 5) is 30.2. The molecule has 286 valence electrons. The van der Waals surface area contributed by atoms with Gasteiger partial charge in [-0.1, -0.05) is 176 Å². The molecule has 7 nitrogen and oxygen atoms in total. The van der Waals surface area contributed by atoms with Crippen molar-refractivity contribution in [2.45, 2.75) is 0 Å². The Balaban J connectivity index is 1.04. The van der Waals surface area contributed by atoms with Crippen LogP contribution in [0.4, 0.5) is 0 Å². The minimum absolute atomic E-state index is 0.563. The number of hydrogen-bond acceptors (Lipinski definition) is 7. The van der Waals surface area contributed by atoms with Gasteiger partial charge in [-0.3, -0.25) is 0 Å². The van der Waals surface area contributed by atoms with Crippen LogP contribution in [0, 0.1) is 0 Å². The fourth-order valence-electron chi connectivity index (χ4n) is 7.78. The minimum Gasteiger partial charge on any atom is -0.456 e. The van der Waals surface area contributed by atoms with Gasteiger partial charge in [-0.15, -0.1) is 0 Å². The molecule has 7 heteroatoms. The molecule has 0 fully saturated rings. The van der Waals surface area contributed by atoms with Crippen LogP contribution in [0.1, 0.15) is 0 Å². The van der Waals surface area contributed by atoms with Gasteiger partial charge < -0.3 is 4.42 Å². The van der Waals surface area contributed by atoms with E-state index in [0.29, 0.717) is 34.9 Å². The third-order valence-corrected chi connectivity index (χ3v) is 10.8. The SMILES string of the molecule is c1ccc(-c2cccc(-c3nc(-c4ccccc4)nc(-c4cccc5oc6ccc(-c7cccc(-c8nc(-c9ccccc9)nc(-c9ccccc9)n8)c7)cc6c45)n3)c2)cc1. The summed E-state index contributed by atoms with van der Waals surface area (Å²) in [6.45, 7) is 0. The van der Waals surface area contributed by atoms with E-state index in [-0.39, 0.29) is 0 Å². The van der Waals surface area contributed by atoms with Crippen molar-refractivity contribution in [1.82, 2.24) is 29.9 Å². The predicted octanol–water partition coefficient (Wildman–Crippen LogP) is 13.3. The van der Waals surface area contributed by atoms with E-state index < -0.39 is 0 Å². The number of aromatic nitrogens is 6. The van der Waals surface area contributed by atoms with Crippen molar-refractivity contribution in [2.24, 2.45) is 0 Å². The highest BCUT2D eigenvalue weighted by Crippen LogP contribution is 2.39. The summed E-state index contributed by atoms with van der Waals surface area (Å²) in [5.41, 5.74) is 11.2. The molecule has 0 spiro atoms. The van der Waals surface area contributed by atoms with Gasteiger partial charge in [0, 0.05) is 44.2 Å². The van der Waals surface area contributed by atoms with Gasteiger partial charge in [-0.2, -0.15) is 0 Å². The molecule has 3 heterocycles. The molecule has 3 aromatic heterocycles. The molecule has 0 aliphatic heterocycles. The molecule has 0 saturated carbocycles. The fraction of sp³-hybridized carbons (Fsp3) is 0. The predicted molar refractivity (Wildman–Crippen MR) is 244 cm³/mol. The number of fused-ring (bicyclic) bond motifs is 3. The van der Waals surface area contributed by atoms with Crippen molar-refractivity contribution in [3.8, 4) is 90.6 Å². The largest absolute Gasteiger partial charge is 0.456 e. The van der Waals surface area contributed by atoms with Gasteiger partial charge in [-0.25, -0.2) is 29.9 Å². The molecule has 0 aliphatic carbocycles. The minimum atomic E-state index is 0.563. The first kappa shape index (κ1) is 35.7. The normalized spacial score (nSPS) is 11.3. The Morgan fingerprint density at radius 2 is 0.623 bits per heavy atom. The fourth-order valence-corrected chi connectivity index (χ4v) is 7.78. The second-order valence-corrected chi connectivity index (χ2v) is 14.7. The van der Waals surface area contributed by atoms with Crippen molar-refractivity contribution >= 4 is 21.9 Å². The summed E-state index contributed by atoms with van der Waals surface area (Å²) in [5.74, 6) is 3.59. The van der Waals surface area contributed by atoms with E-state index in [2.05, 4.69) is 66.7 Å². The van der Waals surface area contributed by atoms with Crippen molar-refractivity contribution in [3.05, 3.63) is 206 Å². The summed E-state index contributed by atoms with van der Waals surface area (Å²) in [5, 5.41) is 1.89. The molecule has 0 saturated heterocycles. The Morgan fingerprint density at radius 3 is 1.13 bits per heavy atom. The lowest BCUT2D eigenvalue weighted by Crippen LogP contribution is -2.00. The maximum absolute atomic E-state index is 6.51. The lowest BCUT2D eigenvalue weighted by Gasteiger charge is -2.11. The van der Waals surface area contributed by atoms with Gasteiger partial charge in [0.25, 0.3) is 0 Å². The average molecular weight is 783 g/mol. The molecular formula is C54H34N6O. The highest BCUT2D eigenvalue weighted by Gasteiger charge is 2.19. The van der Waals surface area contributed by atoms with Crippen LogP contribution in [-0.4, -0.2) is 29.9 Å². The molecule has 0 radical (unpaired) electrons. The summed E-state index contributed by atoms with van der Waals surface area (Å²) < 4.78 is 6.51. The van der Waals surface area contributed by atoms with E-state index in [9.17, 15) is 0 Å². The molecule has 0 amide bonds. The van der Waals surface area contributed by atoms with E-state index in [1.165, 1.54) is 0 Å². The lowest BCUT2D eigenvalue weighted by atomic mass is 9.99. The lowest BCUT2D eigenvalue weighted by molar-refractivity contribution is 0.669. The zero-order chi connectivity index (χ0) is 40.5. The van der Waals surface area contributed by atoms with Gasteiger partial charge >= 0.3 is 0 Å². The van der Waals surface area contributed by atoms with Gasteiger partial charge in [0.05, 0.1) is 0 Å². The Bertz CT molecular complexity index is 3300. The van der Waals surface area contributed by atoms with E-state index in [0.717, 1.165) is 77.6 Å². The third-order valence-electron chi connectivity index (χ3n) is 10.8. The summed E-state index contributed by atoms with van der Waals surface area (Å²) >= 11 is 0. The molecule has 0 N–H and O–H groups in total. The van der Waals surface area contributed by atoms with Gasteiger partial charge in [-0.05, 0) is 52.6 Å². The quantitative estimate of drug-likeness (QED) is 0.152. The molecule has 61 heavy (non-hydrogen) atoms. The van der Waals surface area contributed by atoms with E-state index in [1.54, 1.807) is 0 Å². The van der Waals surface area contributed by atoms with Crippen LogP contribution in [0.3, 0.4) is 0 Å². The first-order valence-electron chi connectivity index (χ1n) is 20.1. The molecule has 8 aromatic carbocycles. The topological polar surface area (TPSA) is 90.5 Å². The van der Waals surface area contributed by atoms with Crippen LogP contribution in [0.2, 0.25) is 0 Å². The molecule has 11 aromatic rings. The summed E-state index contributed by atoms with van der Waals surface area (Å²) in [6.07, 6.45) is 0. The van der Waals surface area contributed by atoms with Crippen LogP contribution in [-0.2, 0) is 0 Å². The maximum atomic E-state index is 6.51. The van der Waals surface area contributed by atoms with E-state index >= 15 is 0 Å². The van der Waals surface area contributed by atoms with Gasteiger partial charge in [0.2, 0.25) is 0 Å². The summed E-state index contributed by atoms with van der Waals surface area (Å²) in [7, 11) is 0. The Hall–Kier alpha value is -8.42. The van der Waals surface area contributed by atoms with E-state index in [4.69, 9.17) is 34.3 Å². The standard InChI is InChI=1S/C54H34N6O/c1-5-16-35(17-6-1)39-24-13-26-42(32-39)53-58-51(38-22-11-4-12-23-38)59-54(60-53)44-28-15-29-47-48(44)45-34-41(30-31-46(45)61-47)40-25-14-27-43(33-40)52-56-49(36-18-7-2-8-19-36)55-50(57-52)37-20-9-3-10-21-37/h1-34H. The molecule has 0 unspecified atom stereocenters. The first-order valence-corrected chi connectivity index (χ1v) is 20.1. The van der Waals surface area contributed by atoms with Crippen molar-refractivity contribution in [2.75, 3.05) is 0 Å². The van der Waals surface area contributed by atoms with E-state index in [1.807, 2.05) is 140 Å². The van der Waals surface area contributed by atoms with Crippen LogP contribution in [0.15, 0.2) is 211 Å². The Morgan fingerprint density at radius 1 is 0.246 bits per heavy atom. The van der Waals surface area contributed by atoms with Crippen molar-refractivity contribution in [3.63, 3.8) is 0 Å². The number of benzene rings is 8.